The zero-order valence-electron chi connectivity index (χ0n) is 9.49. The van der Waals surface area contributed by atoms with Gasteiger partial charge in [0.1, 0.15) is 0 Å². The predicted octanol–water partition coefficient (Wildman–Crippen LogP) is 2.89. The van der Waals surface area contributed by atoms with E-state index in [4.69, 9.17) is 4.74 Å². The van der Waals surface area contributed by atoms with E-state index in [-0.39, 0.29) is 10.9 Å². The Morgan fingerprint density at radius 3 is 2.56 bits per heavy atom. The highest BCUT2D eigenvalue weighted by Crippen LogP contribution is 2.13. The van der Waals surface area contributed by atoms with Crippen molar-refractivity contribution in [1.82, 2.24) is 0 Å². The molecule has 0 aromatic heterocycles. The van der Waals surface area contributed by atoms with Gasteiger partial charge in [0.15, 0.2) is 0 Å². The molecule has 0 rings (SSSR count). The topological polar surface area (TPSA) is 69.4 Å². The molecule has 0 fully saturated rings. The number of nitro groups is 1. The van der Waals surface area contributed by atoms with E-state index >= 15 is 0 Å². The van der Waals surface area contributed by atoms with Crippen LogP contribution >= 0.6 is 15.9 Å². The lowest BCUT2D eigenvalue weighted by molar-refractivity contribution is -0.493. The van der Waals surface area contributed by atoms with E-state index in [1.165, 1.54) is 0 Å². The molecule has 0 N–H and O–H groups in total. The van der Waals surface area contributed by atoms with Crippen molar-refractivity contribution in [3.63, 3.8) is 0 Å². The van der Waals surface area contributed by atoms with Crippen molar-refractivity contribution in [3.8, 4) is 0 Å². The minimum atomic E-state index is -0.641. The van der Waals surface area contributed by atoms with Crippen LogP contribution in [0, 0.1) is 10.1 Å². The number of carbonyl (C=O) groups is 1. The third-order valence-corrected chi connectivity index (χ3v) is 2.90. The second kappa shape index (κ2) is 9.57. The summed E-state index contributed by atoms with van der Waals surface area (Å²) in [7, 11) is 0. The van der Waals surface area contributed by atoms with Crippen molar-refractivity contribution in [2.75, 3.05) is 6.61 Å². The molecule has 0 aliphatic heterocycles. The zero-order valence-corrected chi connectivity index (χ0v) is 11.1. The first-order valence-corrected chi connectivity index (χ1v) is 6.42. The molecule has 6 heteroatoms. The Kier molecular flexibility index (Phi) is 9.18. The second-order valence-corrected chi connectivity index (χ2v) is 4.53. The molecule has 0 spiro atoms. The predicted molar refractivity (Wildman–Crippen MR) is 64.0 cm³/mol. The molecule has 0 amide bonds. The summed E-state index contributed by atoms with van der Waals surface area (Å²) in [4.78, 5) is 20.3. The van der Waals surface area contributed by atoms with Crippen LogP contribution in [0.2, 0.25) is 0 Å². The first kappa shape index (κ1) is 15.3. The van der Waals surface area contributed by atoms with Crippen LogP contribution in [-0.2, 0) is 9.53 Å². The standard InChI is InChI=1S/C10H18BrNO4/c1-2-16-10(13)8-6-4-3-5-7-9(11)12(14)15/h9H,2-8H2,1H3/t9-/m0/s1. The molecule has 0 unspecified atom stereocenters. The number of halogens is 1. The van der Waals surface area contributed by atoms with Gasteiger partial charge < -0.3 is 4.74 Å². The third-order valence-electron chi connectivity index (χ3n) is 2.11. The Bertz CT molecular complexity index is 223. The lowest BCUT2D eigenvalue weighted by atomic mass is 10.1. The summed E-state index contributed by atoms with van der Waals surface area (Å²) in [6.07, 6.45) is 4.41. The van der Waals surface area contributed by atoms with Gasteiger partial charge in [-0.05, 0) is 35.7 Å². The quantitative estimate of drug-likeness (QED) is 0.164. The summed E-state index contributed by atoms with van der Waals surface area (Å²) in [5.74, 6) is -0.161. The molecule has 0 bridgehead atoms. The number of alkyl halides is 1. The van der Waals surface area contributed by atoms with Gasteiger partial charge in [0, 0.05) is 17.8 Å². The van der Waals surface area contributed by atoms with Gasteiger partial charge in [-0.15, -0.1) is 0 Å². The van der Waals surface area contributed by atoms with Crippen LogP contribution in [-0.4, -0.2) is 22.5 Å². The Hall–Kier alpha value is -0.650. The van der Waals surface area contributed by atoms with Crippen molar-refractivity contribution in [1.29, 1.82) is 0 Å². The molecule has 0 aromatic carbocycles. The second-order valence-electron chi connectivity index (χ2n) is 3.48. The molecule has 0 saturated carbocycles. The van der Waals surface area contributed by atoms with Crippen molar-refractivity contribution in [2.24, 2.45) is 0 Å². The van der Waals surface area contributed by atoms with E-state index in [2.05, 4.69) is 15.9 Å². The van der Waals surface area contributed by atoms with Crippen LogP contribution in [0.15, 0.2) is 0 Å². The van der Waals surface area contributed by atoms with Crippen LogP contribution < -0.4 is 0 Å². The van der Waals surface area contributed by atoms with E-state index in [0.29, 0.717) is 19.4 Å². The van der Waals surface area contributed by atoms with E-state index in [1.54, 1.807) is 6.92 Å². The van der Waals surface area contributed by atoms with Gasteiger partial charge in [0.2, 0.25) is 0 Å². The number of hydrogen-bond acceptors (Lipinski definition) is 4. The Morgan fingerprint density at radius 2 is 2.00 bits per heavy atom. The first-order chi connectivity index (χ1) is 7.57. The third kappa shape index (κ3) is 8.64. The normalized spacial score (nSPS) is 12.1. The number of esters is 1. The highest BCUT2D eigenvalue weighted by molar-refractivity contribution is 9.09. The Labute approximate surface area is 104 Å². The SMILES string of the molecule is CCOC(=O)CCCCCC[C@@H](Br)[N+](=O)[O-]. The Morgan fingerprint density at radius 1 is 1.38 bits per heavy atom. The van der Waals surface area contributed by atoms with Crippen molar-refractivity contribution in [2.45, 2.75) is 50.4 Å². The van der Waals surface area contributed by atoms with Gasteiger partial charge in [0.25, 0.3) is 4.95 Å². The molecule has 0 aliphatic carbocycles. The smallest absolute Gasteiger partial charge is 0.305 e. The summed E-state index contributed by atoms with van der Waals surface area (Å²) >= 11 is 2.98. The lowest BCUT2D eigenvalue weighted by Crippen LogP contribution is -2.10. The minimum absolute atomic E-state index is 0.161. The molecule has 0 heterocycles. The van der Waals surface area contributed by atoms with E-state index in [1.807, 2.05) is 0 Å². The molecule has 0 aromatic rings. The van der Waals surface area contributed by atoms with Gasteiger partial charge >= 0.3 is 5.97 Å². The van der Waals surface area contributed by atoms with Crippen molar-refractivity contribution in [3.05, 3.63) is 10.1 Å². The van der Waals surface area contributed by atoms with Gasteiger partial charge in [0.05, 0.1) is 6.61 Å². The molecular formula is C10H18BrNO4. The summed E-state index contributed by atoms with van der Waals surface area (Å²) in [6.45, 7) is 2.21. The van der Waals surface area contributed by atoms with Crippen molar-refractivity contribution < 1.29 is 14.5 Å². The van der Waals surface area contributed by atoms with E-state index in [9.17, 15) is 14.9 Å². The number of unbranched alkanes of at least 4 members (excludes halogenated alkanes) is 3. The summed E-state index contributed by atoms with van der Waals surface area (Å²) in [5.41, 5.74) is 0. The van der Waals surface area contributed by atoms with Gasteiger partial charge in [-0.1, -0.05) is 12.8 Å². The minimum Gasteiger partial charge on any atom is -0.466 e. The van der Waals surface area contributed by atoms with E-state index < -0.39 is 4.95 Å². The number of carbonyl (C=O) groups excluding carboxylic acids is 1. The lowest BCUT2D eigenvalue weighted by Gasteiger charge is -2.03. The number of rotatable bonds is 9. The van der Waals surface area contributed by atoms with Gasteiger partial charge in [-0.25, -0.2) is 0 Å². The fourth-order valence-electron chi connectivity index (χ4n) is 1.27. The summed E-state index contributed by atoms with van der Waals surface area (Å²) in [6, 6.07) is 0. The van der Waals surface area contributed by atoms with Crippen LogP contribution in [0.25, 0.3) is 0 Å². The number of ether oxygens (including phenoxy) is 1. The fourth-order valence-corrected chi connectivity index (χ4v) is 1.60. The fraction of sp³-hybridized carbons (Fsp3) is 0.900. The average molecular weight is 296 g/mol. The molecule has 16 heavy (non-hydrogen) atoms. The largest absolute Gasteiger partial charge is 0.466 e. The first-order valence-electron chi connectivity index (χ1n) is 5.51. The molecular weight excluding hydrogens is 278 g/mol. The molecule has 5 nitrogen and oxygen atoms in total. The number of hydrogen-bond donors (Lipinski definition) is 0. The number of nitrogens with zero attached hydrogens (tertiary/aromatic N) is 1. The van der Waals surface area contributed by atoms with Crippen LogP contribution in [0.5, 0.6) is 0 Å². The van der Waals surface area contributed by atoms with Gasteiger partial charge in [-0.2, -0.15) is 0 Å². The summed E-state index contributed by atoms with van der Waals surface area (Å²) < 4.78 is 4.78. The van der Waals surface area contributed by atoms with Crippen LogP contribution in [0.3, 0.4) is 0 Å². The van der Waals surface area contributed by atoms with E-state index in [0.717, 1.165) is 25.7 Å². The van der Waals surface area contributed by atoms with Crippen LogP contribution in [0.4, 0.5) is 0 Å². The highest BCUT2D eigenvalue weighted by atomic mass is 79.9. The molecule has 1 atom stereocenters. The maximum absolute atomic E-state index is 11.0. The monoisotopic (exact) mass is 295 g/mol. The zero-order chi connectivity index (χ0) is 12.4. The average Bonchev–Trinajstić information content (AvgIpc) is 2.23. The highest BCUT2D eigenvalue weighted by Gasteiger charge is 2.13. The summed E-state index contributed by atoms with van der Waals surface area (Å²) in [5, 5.41) is 10.3. The molecule has 0 radical (unpaired) electrons. The van der Waals surface area contributed by atoms with Gasteiger partial charge in [-0.3, -0.25) is 14.9 Å². The van der Waals surface area contributed by atoms with Crippen molar-refractivity contribution >= 4 is 21.9 Å². The molecule has 94 valence electrons. The molecule has 0 saturated heterocycles. The Balaban J connectivity index is 3.27. The maximum Gasteiger partial charge on any atom is 0.305 e. The van der Waals surface area contributed by atoms with Crippen LogP contribution in [0.1, 0.15) is 45.4 Å². The maximum atomic E-state index is 11.0. The molecule has 0 aliphatic rings.